The quantitative estimate of drug-likeness (QED) is 0.835. The molecule has 1 aliphatic rings. The molecule has 1 saturated heterocycles. The van der Waals surface area contributed by atoms with Crippen LogP contribution in [0.3, 0.4) is 0 Å². The van der Waals surface area contributed by atoms with Gasteiger partial charge >= 0.3 is 0 Å². The Morgan fingerprint density at radius 1 is 1.62 bits per heavy atom. The van der Waals surface area contributed by atoms with E-state index in [1.54, 1.807) is 19.6 Å². The topological polar surface area (TPSA) is 51.6 Å². The van der Waals surface area contributed by atoms with Gasteiger partial charge in [-0.3, -0.25) is 4.90 Å². The molecule has 0 spiro atoms. The number of furan rings is 1. The van der Waals surface area contributed by atoms with Crippen molar-refractivity contribution in [3.05, 3.63) is 24.2 Å². The van der Waals surface area contributed by atoms with Gasteiger partial charge in [-0.25, -0.2) is 0 Å². The summed E-state index contributed by atoms with van der Waals surface area (Å²) in [6.45, 7) is 2.66. The smallest absolute Gasteiger partial charge is 0.0947 e. The molecular weight excluding hydrogens is 204 g/mol. The molecule has 0 radical (unpaired) electrons. The van der Waals surface area contributed by atoms with Crippen molar-refractivity contribution in [2.45, 2.75) is 31.5 Å². The Balaban J connectivity index is 1.93. The SMILES string of the molecule is COC1CCN(Cc2ccoc2)C(CN)C1. The predicted octanol–water partition coefficient (Wildman–Crippen LogP) is 1.22. The molecule has 1 aliphatic heterocycles. The lowest BCUT2D eigenvalue weighted by molar-refractivity contribution is 0.0102. The zero-order chi connectivity index (χ0) is 11.4. The van der Waals surface area contributed by atoms with Crippen LogP contribution in [0.2, 0.25) is 0 Å². The predicted molar refractivity (Wildman–Crippen MR) is 62.0 cm³/mol. The number of likely N-dealkylation sites (tertiary alicyclic amines) is 1. The molecule has 0 aliphatic carbocycles. The van der Waals surface area contributed by atoms with Crippen LogP contribution in [0.25, 0.3) is 0 Å². The summed E-state index contributed by atoms with van der Waals surface area (Å²) in [6, 6.07) is 2.43. The van der Waals surface area contributed by atoms with E-state index in [4.69, 9.17) is 14.9 Å². The lowest BCUT2D eigenvalue weighted by Gasteiger charge is -2.38. The summed E-state index contributed by atoms with van der Waals surface area (Å²) in [5, 5.41) is 0. The third kappa shape index (κ3) is 2.64. The van der Waals surface area contributed by atoms with Crippen LogP contribution in [0.5, 0.6) is 0 Å². The normalized spacial score (nSPS) is 27.1. The van der Waals surface area contributed by atoms with Gasteiger partial charge in [0, 0.05) is 38.3 Å². The summed E-state index contributed by atoms with van der Waals surface area (Å²) in [4.78, 5) is 2.42. The van der Waals surface area contributed by atoms with Crippen LogP contribution < -0.4 is 5.73 Å². The van der Waals surface area contributed by atoms with Crippen LogP contribution in [0, 0.1) is 0 Å². The minimum Gasteiger partial charge on any atom is -0.472 e. The molecule has 2 N–H and O–H groups in total. The average molecular weight is 224 g/mol. The summed E-state index contributed by atoms with van der Waals surface area (Å²) in [7, 11) is 1.78. The second-order valence-corrected chi connectivity index (χ2v) is 4.37. The highest BCUT2D eigenvalue weighted by Crippen LogP contribution is 2.21. The van der Waals surface area contributed by atoms with Crippen molar-refractivity contribution in [3.63, 3.8) is 0 Å². The van der Waals surface area contributed by atoms with Gasteiger partial charge < -0.3 is 14.9 Å². The van der Waals surface area contributed by atoms with Gasteiger partial charge in [-0.05, 0) is 18.9 Å². The van der Waals surface area contributed by atoms with Crippen molar-refractivity contribution >= 4 is 0 Å². The van der Waals surface area contributed by atoms with E-state index in [2.05, 4.69) is 4.90 Å². The first kappa shape index (κ1) is 11.6. The molecule has 0 amide bonds. The zero-order valence-electron chi connectivity index (χ0n) is 9.76. The Kier molecular flexibility index (Phi) is 3.98. The summed E-state index contributed by atoms with van der Waals surface area (Å²) >= 11 is 0. The van der Waals surface area contributed by atoms with Crippen LogP contribution in [-0.2, 0) is 11.3 Å². The van der Waals surface area contributed by atoms with Gasteiger partial charge in [-0.1, -0.05) is 0 Å². The lowest BCUT2D eigenvalue weighted by Crippen LogP contribution is -2.47. The Hall–Kier alpha value is -0.840. The molecule has 2 atom stereocenters. The minimum atomic E-state index is 0.370. The number of methoxy groups -OCH3 is 1. The van der Waals surface area contributed by atoms with Gasteiger partial charge in [0.15, 0.2) is 0 Å². The molecule has 90 valence electrons. The van der Waals surface area contributed by atoms with Crippen LogP contribution >= 0.6 is 0 Å². The van der Waals surface area contributed by atoms with E-state index in [0.717, 1.165) is 25.9 Å². The van der Waals surface area contributed by atoms with Crippen molar-refractivity contribution in [1.82, 2.24) is 4.90 Å². The Morgan fingerprint density at radius 2 is 2.50 bits per heavy atom. The molecule has 0 aromatic carbocycles. The zero-order valence-corrected chi connectivity index (χ0v) is 9.76. The molecule has 0 saturated carbocycles. The first-order valence-electron chi connectivity index (χ1n) is 5.81. The standard InChI is InChI=1S/C12H20N2O2/c1-15-12-2-4-14(11(6-12)7-13)8-10-3-5-16-9-10/h3,5,9,11-12H,2,4,6-8,13H2,1H3. The van der Waals surface area contributed by atoms with Crippen molar-refractivity contribution in [2.75, 3.05) is 20.2 Å². The molecule has 4 nitrogen and oxygen atoms in total. The highest BCUT2D eigenvalue weighted by atomic mass is 16.5. The van der Waals surface area contributed by atoms with Gasteiger partial charge in [0.05, 0.1) is 18.6 Å². The van der Waals surface area contributed by atoms with E-state index >= 15 is 0 Å². The Labute approximate surface area is 96.4 Å². The third-order valence-corrected chi connectivity index (χ3v) is 3.36. The molecule has 2 heterocycles. The van der Waals surface area contributed by atoms with E-state index in [-0.39, 0.29) is 0 Å². The molecule has 16 heavy (non-hydrogen) atoms. The Bertz CT molecular complexity index is 300. The maximum atomic E-state index is 5.82. The molecule has 1 fully saturated rings. The first-order valence-corrected chi connectivity index (χ1v) is 5.81. The van der Waals surface area contributed by atoms with Gasteiger partial charge in [0.2, 0.25) is 0 Å². The van der Waals surface area contributed by atoms with Crippen LogP contribution in [-0.4, -0.2) is 37.2 Å². The number of nitrogens with zero attached hydrogens (tertiary/aromatic N) is 1. The number of piperidine rings is 1. The Morgan fingerprint density at radius 3 is 3.12 bits per heavy atom. The highest BCUT2D eigenvalue weighted by molar-refractivity contribution is 5.05. The second kappa shape index (κ2) is 5.48. The largest absolute Gasteiger partial charge is 0.472 e. The number of hydrogen-bond acceptors (Lipinski definition) is 4. The van der Waals surface area contributed by atoms with Crippen LogP contribution in [0.1, 0.15) is 18.4 Å². The summed E-state index contributed by atoms with van der Waals surface area (Å²) < 4.78 is 10.5. The first-order chi connectivity index (χ1) is 7.83. The van der Waals surface area contributed by atoms with E-state index in [0.29, 0.717) is 18.7 Å². The van der Waals surface area contributed by atoms with Crippen LogP contribution in [0.4, 0.5) is 0 Å². The van der Waals surface area contributed by atoms with Crippen LogP contribution in [0.15, 0.2) is 23.0 Å². The molecule has 1 aromatic rings. The highest BCUT2D eigenvalue weighted by Gasteiger charge is 2.27. The molecule has 0 bridgehead atoms. The van der Waals surface area contributed by atoms with E-state index in [9.17, 15) is 0 Å². The molecular formula is C12H20N2O2. The average Bonchev–Trinajstić information content (AvgIpc) is 2.82. The van der Waals surface area contributed by atoms with Gasteiger partial charge in [0.1, 0.15) is 0 Å². The van der Waals surface area contributed by atoms with Crippen molar-refractivity contribution in [2.24, 2.45) is 5.73 Å². The third-order valence-electron chi connectivity index (χ3n) is 3.36. The van der Waals surface area contributed by atoms with Gasteiger partial charge in [-0.2, -0.15) is 0 Å². The second-order valence-electron chi connectivity index (χ2n) is 4.37. The maximum absolute atomic E-state index is 5.82. The number of rotatable bonds is 4. The maximum Gasteiger partial charge on any atom is 0.0947 e. The molecule has 4 heteroatoms. The molecule has 2 unspecified atom stereocenters. The summed E-state index contributed by atoms with van der Waals surface area (Å²) in [5.74, 6) is 0. The monoisotopic (exact) mass is 224 g/mol. The number of hydrogen-bond donors (Lipinski definition) is 1. The van der Waals surface area contributed by atoms with Crippen molar-refractivity contribution < 1.29 is 9.15 Å². The van der Waals surface area contributed by atoms with E-state index in [1.807, 2.05) is 6.07 Å². The van der Waals surface area contributed by atoms with Gasteiger partial charge in [0.25, 0.3) is 0 Å². The molecule has 2 rings (SSSR count). The van der Waals surface area contributed by atoms with Crippen molar-refractivity contribution in [1.29, 1.82) is 0 Å². The minimum absolute atomic E-state index is 0.370. The summed E-state index contributed by atoms with van der Waals surface area (Å²) in [6.07, 6.45) is 6.01. The van der Waals surface area contributed by atoms with E-state index in [1.165, 1.54) is 5.56 Å². The fraction of sp³-hybridized carbons (Fsp3) is 0.667. The molecule has 1 aromatic heterocycles. The lowest BCUT2D eigenvalue weighted by atomic mass is 9.99. The van der Waals surface area contributed by atoms with E-state index < -0.39 is 0 Å². The fourth-order valence-corrected chi connectivity index (χ4v) is 2.35. The summed E-state index contributed by atoms with van der Waals surface area (Å²) in [5.41, 5.74) is 7.04. The fourth-order valence-electron chi connectivity index (χ4n) is 2.35. The number of ether oxygens (including phenoxy) is 1. The van der Waals surface area contributed by atoms with Gasteiger partial charge in [-0.15, -0.1) is 0 Å². The number of nitrogens with two attached hydrogens (primary N) is 1. The van der Waals surface area contributed by atoms with Crippen molar-refractivity contribution in [3.8, 4) is 0 Å².